The van der Waals surface area contributed by atoms with Crippen molar-refractivity contribution < 1.29 is 28.5 Å². The van der Waals surface area contributed by atoms with Crippen molar-refractivity contribution in [1.82, 2.24) is 5.32 Å². The number of ether oxygens (including phenoxy) is 4. The van der Waals surface area contributed by atoms with Crippen molar-refractivity contribution in [3.05, 3.63) is 29.8 Å². The summed E-state index contributed by atoms with van der Waals surface area (Å²) < 4.78 is 20.9. The van der Waals surface area contributed by atoms with E-state index in [9.17, 15) is 9.59 Å². The normalized spacial score (nSPS) is 16.6. The summed E-state index contributed by atoms with van der Waals surface area (Å²) in [7, 11) is 1.54. The van der Waals surface area contributed by atoms with Gasteiger partial charge in [-0.15, -0.1) is 0 Å². The Kier molecular flexibility index (Phi) is 7.51. The first-order chi connectivity index (χ1) is 11.7. The summed E-state index contributed by atoms with van der Waals surface area (Å²) in [6.07, 6.45) is 2.22. The molecule has 1 aliphatic rings. The van der Waals surface area contributed by atoms with Crippen LogP contribution in [0.4, 0.5) is 0 Å². The number of rotatable bonds is 9. The van der Waals surface area contributed by atoms with Crippen LogP contribution in [0.3, 0.4) is 0 Å². The predicted molar refractivity (Wildman–Crippen MR) is 86.1 cm³/mol. The zero-order chi connectivity index (χ0) is 17.2. The average molecular weight is 337 g/mol. The van der Waals surface area contributed by atoms with Gasteiger partial charge in [0.1, 0.15) is 12.4 Å². The Hall–Kier alpha value is -2.12. The van der Waals surface area contributed by atoms with Crippen molar-refractivity contribution in [2.24, 2.45) is 0 Å². The second kappa shape index (κ2) is 9.89. The Labute approximate surface area is 141 Å². The predicted octanol–water partition coefficient (Wildman–Crippen LogP) is 1.16. The molecule has 24 heavy (non-hydrogen) atoms. The van der Waals surface area contributed by atoms with Gasteiger partial charge in [0.05, 0.1) is 18.3 Å². The Morgan fingerprint density at radius 2 is 2.08 bits per heavy atom. The molecule has 1 N–H and O–H groups in total. The standard InChI is InChI=1S/C17H23NO6/c1-21-10-8-18-16(19)12-24-17(20)13-4-6-14(7-5-13)23-11-15-3-2-9-22-15/h4-7,15H,2-3,8-12H2,1H3,(H,18,19). The lowest BCUT2D eigenvalue weighted by Crippen LogP contribution is -2.31. The molecule has 1 fully saturated rings. The number of carbonyl (C=O) groups is 2. The Bertz CT molecular complexity index is 524. The van der Waals surface area contributed by atoms with Crippen LogP contribution in [0.1, 0.15) is 23.2 Å². The van der Waals surface area contributed by atoms with Gasteiger partial charge in [-0.05, 0) is 37.1 Å². The maximum absolute atomic E-state index is 11.9. The first kappa shape index (κ1) is 18.2. The van der Waals surface area contributed by atoms with Gasteiger partial charge in [-0.25, -0.2) is 4.79 Å². The fourth-order valence-corrected chi connectivity index (χ4v) is 2.21. The number of benzene rings is 1. The molecular formula is C17H23NO6. The summed E-state index contributed by atoms with van der Waals surface area (Å²) in [5.74, 6) is -0.251. The minimum absolute atomic E-state index is 0.145. The minimum atomic E-state index is -0.553. The molecule has 0 radical (unpaired) electrons. The maximum Gasteiger partial charge on any atom is 0.338 e. The minimum Gasteiger partial charge on any atom is -0.491 e. The third kappa shape index (κ3) is 6.17. The van der Waals surface area contributed by atoms with E-state index in [0.717, 1.165) is 19.4 Å². The Morgan fingerprint density at radius 3 is 2.75 bits per heavy atom. The summed E-state index contributed by atoms with van der Waals surface area (Å²) in [5.41, 5.74) is 0.365. The molecule has 0 saturated carbocycles. The topological polar surface area (TPSA) is 83.1 Å². The van der Waals surface area contributed by atoms with Crippen LogP contribution < -0.4 is 10.1 Å². The highest BCUT2D eigenvalue weighted by molar-refractivity contribution is 5.91. The molecule has 7 heteroatoms. The SMILES string of the molecule is COCCNC(=O)COC(=O)c1ccc(OCC2CCCO2)cc1. The van der Waals surface area contributed by atoms with Gasteiger partial charge in [-0.2, -0.15) is 0 Å². The van der Waals surface area contributed by atoms with Gasteiger partial charge < -0.3 is 24.3 Å². The first-order valence-corrected chi connectivity index (χ1v) is 7.96. The Balaban J connectivity index is 1.71. The van der Waals surface area contributed by atoms with Gasteiger partial charge in [0.15, 0.2) is 6.61 Å². The van der Waals surface area contributed by atoms with Gasteiger partial charge in [-0.1, -0.05) is 0 Å². The van der Waals surface area contributed by atoms with Crippen molar-refractivity contribution in [2.75, 3.05) is 40.1 Å². The van der Waals surface area contributed by atoms with E-state index in [1.165, 1.54) is 0 Å². The van der Waals surface area contributed by atoms with Gasteiger partial charge in [0.2, 0.25) is 0 Å². The molecule has 7 nitrogen and oxygen atoms in total. The lowest BCUT2D eigenvalue weighted by Gasteiger charge is -2.11. The van der Waals surface area contributed by atoms with E-state index >= 15 is 0 Å². The summed E-state index contributed by atoms with van der Waals surface area (Å²) in [4.78, 5) is 23.3. The van der Waals surface area contributed by atoms with Crippen LogP contribution in [0.15, 0.2) is 24.3 Å². The monoisotopic (exact) mass is 337 g/mol. The zero-order valence-electron chi connectivity index (χ0n) is 13.8. The molecule has 2 rings (SSSR count). The van der Waals surface area contributed by atoms with E-state index in [1.54, 1.807) is 31.4 Å². The third-order valence-electron chi connectivity index (χ3n) is 3.51. The molecule has 0 aromatic heterocycles. The number of methoxy groups -OCH3 is 1. The van der Waals surface area contributed by atoms with Crippen LogP contribution in [0.5, 0.6) is 5.75 Å². The number of hydrogen-bond acceptors (Lipinski definition) is 6. The third-order valence-corrected chi connectivity index (χ3v) is 3.51. The molecule has 1 aromatic carbocycles. The van der Waals surface area contributed by atoms with Crippen LogP contribution in [-0.2, 0) is 19.0 Å². The van der Waals surface area contributed by atoms with E-state index in [2.05, 4.69) is 5.32 Å². The maximum atomic E-state index is 11.9. The van der Waals surface area contributed by atoms with E-state index in [0.29, 0.717) is 31.1 Å². The number of hydrogen-bond donors (Lipinski definition) is 1. The van der Waals surface area contributed by atoms with E-state index in [-0.39, 0.29) is 18.6 Å². The summed E-state index contributed by atoms with van der Waals surface area (Å²) in [5, 5.41) is 2.57. The number of nitrogens with one attached hydrogen (secondary N) is 1. The molecule has 0 bridgehead atoms. The van der Waals surface area contributed by atoms with Gasteiger partial charge >= 0.3 is 5.97 Å². The molecule has 132 valence electrons. The van der Waals surface area contributed by atoms with Crippen LogP contribution in [0, 0.1) is 0 Å². The van der Waals surface area contributed by atoms with Gasteiger partial charge in [0.25, 0.3) is 5.91 Å². The van der Waals surface area contributed by atoms with Crippen LogP contribution in [-0.4, -0.2) is 58.1 Å². The Morgan fingerprint density at radius 1 is 1.29 bits per heavy atom. The summed E-state index contributed by atoms with van der Waals surface area (Å²) >= 11 is 0. The highest BCUT2D eigenvalue weighted by Gasteiger charge is 2.16. The molecule has 1 atom stereocenters. The van der Waals surface area contributed by atoms with Gasteiger partial charge in [-0.3, -0.25) is 4.79 Å². The highest BCUT2D eigenvalue weighted by Crippen LogP contribution is 2.17. The van der Waals surface area contributed by atoms with Gasteiger partial charge in [0, 0.05) is 20.3 Å². The lowest BCUT2D eigenvalue weighted by atomic mass is 10.2. The molecule has 1 aliphatic heterocycles. The average Bonchev–Trinajstić information content (AvgIpc) is 3.12. The largest absolute Gasteiger partial charge is 0.491 e. The van der Waals surface area contributed by atoms with Crippen molar-refractivity contribution in [3.8, 4) is 5.75 Å². The number of carbonyl (C=O) groups excluding carboxylic acids is 2. The second-order valence-electron chi connectivity index (χ2n) is 5.39. The molecule has 1 unspecified atom stereocenters. The molecule has 1 heterocycles. The number of amides is 1. The fourth-order valence-electron chi connectivity index (χ4n) is 2.21. The van der Waals surface area contributed by atoms with E-state index in [1.807, 2.05) is 0 Å². The fraction of sp³-hybridized carbons (Fsp3) is 0.529. The molecular weight excluding hydrogens is 314 g/mol. The molecule has 0 aliphatic carbocycles. The van der Waals surface area contributed by atoms with Crippen LogP contribution in [0.2, 0.25) is 0 Å². The summed E-state index contributed by atoms with van der Waals surface area (Å²) in [6, 6.07) is 6.61. The van der Waals surface area contributed by atoms with Crippen molar-refractivity contribution >= 4 is 11.9 Å². The first-order valence-electron chi connectivity index (χ1n) is 7.96. The van der Waals surface area contributed by atoms with Crippen molar-refractivity contribution in [2.45, 2.75) is 18.9 Å². The zero-order valence-corrected chi connectivity index (χ0v) is 13.8. The molecule has 1 saturated heterocycles. The second-order valence-corrected chi connectivity index (χ2v) is 5.39. The van der Waals surface area contributed by atoms with Crippen molar-refractivity contribution in [3.63, 3.8) is 0 Å². The lowest BCUT2D eigenvalue weighted by molar-refractivity contribution is -0.124. The smallest absolute Gasteiger partial charge is 0.338 e. The molecule has 1 aromatic rings. The molecule has 1 amide bonds. The quantitative estimate of drug-likeness (QED) is 0.538. The van der Waals surface area contributed by atoms with Crippen molar-refractivity contribution in [1.29, 1.82) is 0 Å². The van der Waals surface area contributed by atoms with E-state index < -0.39 is 5.97 Å². The van der Waals surface area contributed by atoms with Crippen LogP contribution in [0.25, 0.3) is 0 Å². The highest BCUT2D eigenvalue weighted by atomic mass is 16.5. The summed E-state index contributed by atoms with van der Waals surface area (Å²) in [6.45, 7) is 1.76. The van der Waals surface area contributed by atoms with Crippen LogP contribution >= 0.6 is 0 Å². The molecule has 0 spiro atoms. The van der Waals surface area contributed by atoms with E-state index in [4.69, 9.17) is 18.9 Å². The number of esters is 1.